The molecule has 0 fully saturated rings. The predicted molar refractivity (Wildman–Crippen MR) is 93.7 cm³/mol. The standard InChI is InChI=1S/C14H14Br2N2O2S/c1-9-6-12(15)14(13(16)7-9)18-21(19,20)8-10-2-4-11(17)5-3-10/h2-7,18H,8,17H2,1H3. The summed E-state index contributed by atoms with van der Waals surface area (Å²) in [6.07, 6.45) is 0. The van der Waals surface area contributed by atoms with Crippen LogP contribution in [-0.2, 0) is 15.8 Å². The van der Waals surface area contributed by atoms with E-state index in [1.165, 1.54) is 0 Å². The zero-order chi connectivity index (χ0) is 15.6. The fourth-order valence-electron chi connectivity index (χ4n) is 1.82. The molecule has 0 aromatic heterocycles. The third-order valence-electron chi connectivity index (χ3n) is 2.78. The van der Waals surface area contributed by atoms with Gasteiger partial charge in [-0.15, -0.1) is 0 Å². The van der Waals surface area contributed by atoms with Gasteiger partial charge in [0.1, 0.15) is 0 Å². The number of halogens is 2. The van der Waals surface area contributed by atoms with Gasteiger partial charge in [0.25, 0.3) is 0 Å². The van der Waals surface area contributed by atoms with Gasteiger partial charge in [0.05, 0.1) is 11.4 Å². The van der Waals surface area contributed by atoms with Crippen LogP contribution >= 0.6 is 31.9 Å². The summed E-state index contributed by atoms with van der Waals surface area (Å²) in [5.74, 6) is -0.111. The minimum Gasteiger partial charge on any atom is -0.399 e. The third-order valence-corrected chi connectivity index (χ3v) is 5.26. The van der Waals surface area contributed by atoms with Crippen molar-refractivity contribution in [2.75, 3.05) is 10.5 Å². The number of sulfonamides is 1. The van der Waals surface area contributed by atoms with E-state index in [-0.39, 0.29) is 5.75 Å². The third kappa shape index (κ3) is 4.46. The highest BCUT2D eigenvalue weighted by Crippen LogP contribution is 2.33. The maximum absolute atomic E-state index is 12.3. The zero-order valence-electron chi connectivity index (χ0n) is 11.2. The summed E-state index contributed by atoms with van der Waals surface area (Å²) in [7, 11) is -3.51. The molecule has 3 N–H and O–H groups in total. The van der Waals surface area contributed by atoms with Crippen molar-refractivity contribution in [2.24, 2.45) is 0 Å². The van der Waals surface area contributed by atoms with Crippen LogP contribution in [0.5, 0.6) is 0 Å². The first-order chi connectivity index (χ1) is 9.77. The van der Waals surface area contributed by atoms with Crippen LogP contribution in [0.2, 0.25) is 0 Å². The molecule has 0 amide bonds. The number of nitrogens with one attached hydrogen (secondary N) is 1. The van der Waals surface area contributed by atoms with Crippen LogP contribution in [0.4, 0.5) is 11.4 Å². The van der Waals surface area contributed by atoms with E-state index in [4.69, 9.17) is 5.73 Å². The van der Waals surface area contributed by atoms with E-state index in [0.29, 0.717) is 25.9 Å². The lowest BCUT2D eigenvalue weighted by Crippen LogP contribution is -2.16. The van der Waals surface area contributed by atoms with Gasteiger partial charge in [0.15, 0.2) is 0 Å². The largest absolute Gasteiger partial charge is 0.399 e. The quantitative estimate of drug-likeness (QED) is 0.714. The van der Waals surface area contributed by atoms with E-state index in [1.807, 2.05) is 19.1 Å². The first kappa shape index (κ1) is 16.3. The van der Waals surface area contributed by atoms with Gasteiger partial charge in [-0.05, 0) is 74.2 Å². The SMILES string of the molecule is Cc1cc(Br)c(NS(=O)(=O)Cc2ccc(N)cc2)c(Br)c1. The Kier molecular flexibility index (Phi) is 4.95. The Morgan fingerprint density at radius 3 is 2.14 bits per heavy atom. The summed E-state index contributed by atoms with van der Waals surface area (Å²) < 4.78 is 28.5. The Bertz CT molecular complexity index is 736. The van der Waals surface area contributed by atoms with Crippen LogP contribution < -0.4 is 10.5 Å². The first-order valence-electron chi connectivity index (χ1n) is 6.07. The number of anilines is 2. The van der Waals surface area contributed by atoms with Crippen molar-refractivity contribution in [2.45, 2.75) is 12.7 Å². The Morgan fingerprint density at radius 2 is 1.62 bits per heavy atom. The summed E-state index contributed by atoms with van der Waals surface area (Å²) in [5, 5.41) is 0. The fourth-order valence-corrected chi connectivity index (χ4v) is 4.93. The molecule has 7 heteroatoms. The molecule has 0 saturated carbocycles. The van der Waals surface area contributed by atoms with E-state index in [0.717, 1.165) is 5.56 Å². The van der Waals surface area contributed by atoms with Crippen molar-refractivity contribution in [3.63, 3.8) is 0 Å². The molecule has 21 heavy (non-hydrogen) atoms. The highest BCUT2D eigenvalue weighted by Gasteiger charge is 2.16. The molecular weight excluding hydrogens is 420 g/mol. The lowest BCUT2D eigenvalue weighted by Gasteiger charge is -2.12. The normalized spacial score (nSPS) is 11.4. The van der Waals surface area contributed by atoms with E-state index in [2.05, 4.69) is 36.6 Å². The molecule has 0 heterocycles. The van der Waals surface area contributed by atoms with Crippen molar-refractivity contribution in [1.29, 1.82) is 0 Å². The van der Waals surface area contributed by atoms with Crippen molar-refractivity contribution in [1.82, 2.24) is 0 Å². The lowest BCUT2D eigenvalue weighted by atomic mass is 10.2. The zero-order valence-corrected chi connectivity index (χ0v) is 15.2. The molecule has 0 atom stereocenters. The Morgan fingerprint density at radius 1 is 1.10 bits per heavy atom. The molecule has 0 aliphatic rings. The number of rotatable bonds is 4. The van der Waals surface area contributed by atoms with Crippen molar-refractivity contribution in [3.8, 4) is 0 Å². The van der Waals surface area contributed by atoms with Crippen LogP contribution in [-0.4, -0.2) is 8.42 Å². The van der Waals surface area contributed by atoms with Gasteiger partial charge in [-0.2, -0.15) is 0 Å². The maximum Gasteiger partial charge on any atom is 0.236 e. The topological polar surface area (TPSA) is 72.2 Å². The Balaban J connectivity index is 2.24. The number of nitrogens with two attached hydrogens (primary N) is 1. The molecular formula is C14H14Br2N2O2S. The summed E-state index contributed by atoms with van der Waals surface area (Å²) in [6, 6.07) is 10.5. The van der Waals surface area contributed by atoms with Gasteiger partial charge >= 0.3 is 0 Å². The van der Waals surface area contributed by atoms with Crippen LogP contribution in [0.25, 0.3) is 0 Å². The average Bonchev–Trinajstić information content (AvgIpc) is 2.36. The summed E-state index contributed by atoms with van der Waals surface area (Å²) >= 11 is 6.74. The van der Waals surface area contributed by atoms with E-state index >= 15 is 0 Å². The number of hydrogen-bond acceptors (Lipinski definition) is 3. The second-order valence-corrected chi connectivity index (χ2v) is 8.14. The second kappa shape index (κ2) is 6.37. The van der Waals surface area contributed by atoms with Crippen molar-refractivity contribution >= 4 is 53.3 Å². The van der Waals surface area contributed by atoms with Crippen molar-refractivity contribution < 1.29 is 8.42 Å². The number of benzene rings is 2. The molecule has 2 aromatic rings. The van der Waals surface area contributed by atoms with Crippen LogP contribution in [0.1, 0.15) is 11.1 Å². The molecule has 0 aliphatic carbocycles. The van der Waals surface area contributed by atoms with Gasteiger partial charge in [-0.25, -0.2) is 8.42 Å². The molecule has 112 valence electrons. The fraction of sp³-hybridized carbons (Fsp3) is 0.143. The minimum atomic E-state index is -3.51. The van der Waals surface area contributed by atoms with Crippen LogP contribution in [0.3, 0.4) is 0 Å². The molecule has 2 aromatic carbocycles. The predicted octanol–water partition coefficient (Wildman–Crippen LogP) is 4.04. The lowest BCUT2D eigenvalue weighted by molar-refractivity contribution is 0.600. The molecule has 0 saturated heterocycles. The smallest absolute Gasteiger partial charge is 0.236 e. The van der Waals surface area contributed by atoms with E-state index in [1.54, 1.807) is 24.3 Å². The summed E-state index contributed by atoms with van der Waals surface area (Å²) in [4.78, 5) is 0. The molecule has 4 nitrogen and oxygen atoms in total. The highest BCUT2D eigenvalue weighted by atomic mass is 79.9. The van der Waals surface area contributed by atoms with Gasteiger partial charge in [0, 0.05) is 14.6 Å². The maximum atomic E-state index is 12.3. The molecule has 0 radical (unpaired) electrons. The second-order valence-electron chi connectivity index (χ2n) is 4.71. The minimum absolute atomic E-state index is 0.111. The number of hydrogen-bond donors (Lipinski definition) is 2. The van der Waals surface area contributed by atoms with E-state index in [9.17, 15) is 8.42 Å². The van der Waals surface area contributed by atoms with Gasteiger partial charge < -0.3 is 5.73 Å². The Hall–Kier alpha value is -1.05. The van der Waals surface area contributed by atoms with Gasteiger partial charge in [-0.1, -0.05) is 12.1 Å². The van der Waals surface area contributed by atoms with E-state index < -0.39 is 10.0 Å². The average molecular weight is 434 g/mol. The monoisotopic (exact) mass is 432 g/mol. The van der Waals surface area contributed by atoms with Crippen LogP contribution in [0.15, 0.2) is 45.3 Å². The van der Waals surface area contributed by atoms with Gasteiger partial charge in [-0.3, -0.25) is 4.72 Å². The number of aryl methyl sites for hydroxylation is 1. The molecule has 2 rings (SSSR count). The molecule has 0 unspecified atom stereocenters. The summed E-state index contributed by atoms with van der Waals surface area (Å²) in [5.41, 5.74) is 8.39. The van der Waals surface area contributed by atoms with Gasteiger partial charge in [0.2, 0.25) is 10.0 Å². The molecule has 0 aliphatic heterocycles. The van der Waals surface area contributed by atoms with Crippen LogP contribution in [0, 0.1) is 6.92 Å². The highest BCUT2D eigenvalue weighted by molar-refractivity contribution is 9.11. The number of nitrogen functional groups attached to an aromatic ring is 1. The summed E-state index contributed by atoms with van der Waals surface area (Å²) in [6.45, 7) is 1.93. The molecule has 0 bridgehead atoms. The Labute approximate surface area is 141 Å². The van der Waals surface area contributed by atoms with Crippen molar-refractivity contribution in [3.05, 3.63) is 56.5 Å². The molecule has 0 spiro atoms. The first-order valence-corrected chi connectivity index (χ1v) is 9.31.